The molecule has 0 aromatic carbocycles. The Morgan fingerprint density at radius 1 is 0.750 bits per heavy atom. The maximum Gasteiger partial charge on any atom is 0.0473 e. The van der Waals surface area contributed by atoms with Crippen LogP contribution in [0.1, 0.15) is 47.0 Å². The first-order valence-electron chi connectivity index (χ1n) is 6.74. The molecule has 16 heavy (non-hydrogen) atoms. The van der Waals surface area contributed by atoms with E-state index >= 15 is 0 Å². The van der Waals surface area contributed by atoms with Gasteiger partial charge in [0.05, 0.1) is 0 Å². The van der Waals surface area contributed by atoms with Gasteiger partial charge in [0, 0.05) is 50.3 Å². The van der Waals surface area contributed by atoms with Gasteiger partial charge in [0.25, 0.3) is 0 Å². The van der Waals surface area contributed by atoms with Crippen molar-refractivity contribution in [1.82, 2.24) is 0 Å². The van der Waals surface area contributed by atoms with Crippen LogP contribution in [0.3, 0.4) is 0 Å². The van der Waals surface area contributed by atoms with Crippen LogP contribution in [0.15, 0.2) is 0 Å². The standard InChI is InChI=1S/C8H19Si.C5H13Si.Y/c1-4-7-8-9(5-2)6-3;1-4-5-6(2)3;/h4-8H2,1-3H3;4-5H2,1-3H3;. The maximum absolute atomic E-state index is 2.36. The first-order valence-corrected chi connectivity index (χ1v) is 11.6. The molecule has 0 fully saturated rings. The molecule has 0 aromatic rings. The Balaban J connectivity index is -0.000000214. The molecule has 0 saturated heterocycles. The minimum atomic E-state index is 0. The van der Waals surface area contributed by atoms with Gasteiger partial charge in [-0.15, -0.1) is 0 Å². The van der Waals surface area contributed by atoms with Crippen molar-refractivity contribution in [2.24, 2.45) is 0 Å². The van der Waals surface area contributed by atoms with Gasteiger partial charge < -0.3 is 0 Å². The van der Waals surface area contributed by atoms with Crippen molar-refractivity contribution in [1.29, 1.82) is 0 Å². The topological polar surface area (TPSA) is 0 Å². The minimum Gasteiger partial charge on any atom is -0.0713 e. The quantitative estimate of drug-likeness (QED) is 0.542. The molecule has 0 amide bonds. The third-order valence-corrected chi connectivity index (χ3v) is 7.19. The van der Waals surface area contributed by atoms with E-state index in [0.717, 1.165) is 0 Å². The van der Waals surface area contributed by atoms with Gasteiger partial charge in [0.15, 0.2) is 0 Å². The summed E-state index contributed by atoms with van der Waals surface area (Å²) in [6.45, 7) is 13.9. The van der Waals surface area contributed by atoms with E-state index in [4.69, 9.17) is 0 Å². The molecule has 0 N–H and O–H groups in total. The van der Waals surface area contributed by atoms with Crippen LogP contribution >= 0.6 is 0 Å². The second-order valence-electron chi connectivity index (χ2n) is 4.52. The average Bonchev–Trinajstić information content (AvgIpc) is 2.20. The van der Waals surface area contributed by atoms with Gasteiger partial charge in [-0.3, -0.25) is 0 Å². The predicted octanol–water partition coefficient (Wildman–Crippen LogP) is 5.47. The van der Waals surface area contributed by atoms with Crippen LogP contribution in [0, 0.1) is 0 Å². The molecule has 0 aliphatic rings. The Kier molecular flexibility index (Phi) is 26.8. The van der Waals surface area contributed by atoms with E-state index in [2.05, 4.69) is 40.8 Å². The van der Waals surface area contributed by atoms with Gasteiger partial charge >= 0.3 is 0 Å². The molecule has 0 unspecified atom stereocenters. The van der Waals surface area contributed by atoms with Crippen molar-refractivity contribution >= 4 is 17.6 Å². The Morgan fingerprint density at radius 3 is 1.44 bits per heavy atom. The second-order valence-corrected chi connectivity index (χ2v) is 10.8. The van der Waals surface area contributed by atoms with Crippen molar-refractivity contribution in [3.63, 3.8) is 0 Å². The monoisotopic (exact) mass is 333 g/mol. The van der Waals surface area contributed by atoms with E-state index in [9.17, 15) is 0 Å². The van der Waals surface area contributed by atoms with Gasteiger partial charge in [-0.2, -0.15) is 0 Å². The molecule has 0 nitrogen and oxygen atoms in total. The van der Waals surface area contributed by atoms with Gasteiger partial charge in [-0.25, -0.2) is 0 Å². The van der Waals surface area contributed by atoms with Gasteiger partial charge in [-0.1, -0.05) is 84.2 Å². The third kappa shape index (κ3) is 20.9. The molecule has 0 atom stereocenters. The fourth-order valence-electron chi connectivity index (χ4n) is 1.53. The molecule has 3 radical (unpaired) electrons. The summed E-state index contributed by atoms with van der Waals surface area (Å²) in [4.78, 5) is 0. The zero-order valence-corrected chi connectivity index (χ0v) is 17.4. The van der Waals surface area contributed by atoms with Crippen LogP contribution in [0.25, 0.3) is 0 Å². The normalized spacial score (nSPS) is 9.75. The smallest absolute Gasteiger partial charge is 0.0473 e. The van der Waals surface area contributed by atoms with Crippen molar-refractivity contribution in [2.45, 2.75) is 84.2 Å². The SMILES string of the molecule is CCCC[Si](CC)CC.CCC[Si](C)C.[Y]. The van der Waals surface area contributed by atoms with Gasteiger partial charge in [0.2, 0.25) is 0 Å². The molecule has 0 aromatic heterocycles. The van der Waals surface area contributed by atoms with Crippen molar-refractivity contribution < 1.29 is 32.7 Å². The minimum absolute atomic E-state index is 0. The van der Waals surface area contributed by atoms with E-state index in [-0.39, 0.29) is 50.3 Å². The molecule has 3 heteroatoms. The summed E-state index contributed by atoms with van der Waals surface area (Å²) in [6.07, 6.45) is 4.23. The number of hydrogen-bond acceptors (Lipinski definition) is 0. The first kappa shape index (κ1) is 22.7. The largest absolute Gasteiger partial charge is 0.0713 e. The molecule has 0 aliphatic carbocycles. The van der Waals surface area contributed by atoms with Crippen LogP contribution in [0.5, 0.6) is 0 Å². The summed E-state index contributed by atoms with van der Waals surface area (Å²) >= 11 is 0. The van der Waals surface area contributed by atoms with Gasteiger partial charge in [0.1, 0.15) is 0 Å². The Labute approximate surface area is 133 Å². The van der Waals surface area contributed by atoms with E-state index in [1.807, 2.05) is 0 Å². The fourth-order valence-corrected chi connectivity index (χ4v) is 4.59. The summed E-state index contributed by atoms with van der Waals surface area (Å²) in [5.74, 6) is 0. The Bertz CT molecular complexity index is 104. The van der Waals surface area contributed by atoms with Crippen molar-refractivity contribution in [3.05, 3.63) is 0 Å². The summed E-state index contributed by atoms with van der Waals surface area (Å²) in [5.41, 5.74) is 0. The number of hydrogen-bond donors (Lipinski definition) is 0. The predicted molar refractivity (Wildman–Crippen MR) is 79.0 cm³/mol. The van der Waals surface area contributed by atoms with Crippen LogP contribution < -0.4 is 0 Å². The molecule has 0 aliphatic heterocycles. The maximum atomic E-state index is 2.36. The summed E-state index contributed by atoms with van der Waals surface area (Å²) < 4.78 is 0. The third-order valence-electron chi connectivity index (χ3n) is 2.63. The zero-order chi connectivity index (χ0) is 12.1. The number of unbranched alkanes of at least 4 members (excludes halogenated alkanes) is 1. The van der Waals surface area contributed by atoms with Crippen LogP contribution in [0.4, 0.5) is 0 Å². The van der Waals surface area contributed by atoms with Crippen molar-refractivity contribution in [2.75, 3.05) is 0 Å². The molecule has 0 bridgehead atoms. The van der Waals surface area contributed by atoms with Crippen LogP contribution in [-0.4, -0.2) is 17.6 Å². The fraction of sp³-hybridized carbons (Fsp3) is 1.00. The van der Waals surface area contributed by atoms with Gasteiger partial charge in [-0.05, 0) is 0 Å². The Hall–Kier alpha value is 1.54. The second kappa shape index (κ2) is 18.9. The van der Waals surface area contributed by atoms with E-state index in [1.54, 1.807) is 6.04 Å². The number of rotatable bonds is 7. The van der Waals surface area contributed by atoms with E-state index in [0.29, 0.717) is 0 Å². The molecular formula is C13H32Si2Y. The first-order chi connectivity index (χ1) is 7.12. The summed E-state index contributed by atoms with van der Waals surface area (Å²) in [7, 11) is 0.229. The summed E-state index contributed by atoms with van der Waals surface area (Å²) in [5, 5.41) is 0. The zero-order valence-electron chi connectivity index (χ0n) is 12.5. The molecule has 0 heterocycles. The average molecular weight is 333 g/mol. The molecule has 0 rings (SSSR count). The molecule has 0 saturated carbocycles. The van der Waals surface area contributed by atoms with E-state index in [1.165, 1.54) is 37.4 Å². The van der Waals surface area contributed by atoms with Crippen LogP contribution in [0.2, 0.25) is 37.3 Å². The molecule has 95 valence electrons. The Morgan fingerprint density at radius 2 is 1.25 bits per heavy atom. The van der Waals surface area contributed by atoms with E-state index < -0.39 is 0 Å². The molecular weight excluding hydrogens is 301 g/mol. The van der Waals surface area contributed by atoms with Crippen molar-refractivity contribution in [3.8, 4) is 0 Å². The summed E-state index contributed by atoms with van der Waals surface area (Å²) in [6, 6.07) is 5.97. The molecule has 0 spiro atoms. The van der Waals surface area contributed by atoms with Crippen LogP contribution in [-0.2, 0) is 32.7 Å².